The number of unbranched alkanes of at least 4 members (excludes halogenated alkanes) is 2. The fourth-order valence-electron chi connectivity index (χ4n) is 4.82. The van der Waals surface area contributed by atoms with Gasteiger partial charge in [0, 0.05) is 11.1 Å². The van der Waals surface area contributed by atoms with Crippen LogP contribution in [-0.2, 0) is 0 Å². The zero-order chi connectivity index (χ0) is 22.2. The van der Waals surface area contributed by atoms with E-state index in [-0.39, 0.29) is 0 Å². The van der Waals surface area contributed by atoms with Gasteiger partial charge in [0.1, 0.15) is 5.75 Å². The second-order valence-electron chi connectivity index (χ2n) is 9.28. The maximum atomic E-state index is 5.89. The third-order valence-electron chi connectivity index (χ3n) is 6.99. The van der Waals surface area contributed by atoms with Gasteiger partial charge in [0.15, 0.2) is 0 Å². The normalized spacial score (nSPS) is 18.2. The molecule has 0 radical (unpaired) electrons. The molecule has 0 unspecified atom stereocenters. The molecule has 0 N–H and O–H groups in total. The smallest absolute Gasteiger partial charge is 0.119 e. The van der Waals surface area contributed by atoms with E-state index in [1.54, 1.807) is 0 Å². The molecule has 1 nitrogen and oxygen atoms in total. The molecule has 0 atom stereocenters. The van der Waals surface area contributed by atoms with Crippen LogP contribution >= 0.6 is 0 Å². The van der Waals surface area contributed by atoms with Crippen LogP contribution in [0.5, 0.6) is 5.75 Å². The zero-order valence-corrected chi connectivity index (χ0v) is 19.7. The lowest BCUT2D eigenvalue weighted by atomic mass is 9.78. The van der Waals surface area contributed by atoms with Gasteiger partial charge in [-0.2, -0.15) is 0 Å². The Morgan fingerprint density at radius 2 is 1.44 bits per heavy atom. The second-order valence-corrected chi connectivity index (χ2v) is 9.28. The Labute approximate surface area is 194 Å². The minimum absolute atomic E-state index is 0.737. The molecule has 1 saturated carbocycles. The number of ether oxygens (including phenoxy) is 1. The molecule has 166 valence electrons. The van der Waals surface area contributed by atoms with Gasteiger partial charge < -0.3 is 4.74 Å². The first-order chi connectivity index (χ1) is 15.7. The molecule has 0 amide bonds. The minimum Gasteiger partial charge on any atom is -0.494 e. The molecule has 0 heterocycles. The summed E-state index contributed by atoms with van der Waals surface area (Å²) in [7, 11) is 0. The molecule has 1 aliphatic carbocycles. The van der Waals surface area contributed by atoms with Gasteiger partial charge >= 0.3 is 0 Å². The van der Waals surface area contributed by atoms with Crippen LogP contribution in [0, 0.1) is 17.8 Å². The van der Waals surface area contributed by atoms with Crippen LogP contribution in [0.15, 0.2) is 60.7 Å². The Kier molecular flexibility index (Phi) is 7.89. The third kappa shape index (κ3) is 5.95. The van der Waals surface area contributed by atoms with Crippen molar-refractivity contribution in [3.63, 3.8) is 0 Å². The van der Waals surface area contributed by atoms with E-state index in [4.69, 9.17) is 4.74 Å². The molecule has 0 aromatic heterocycles. The van der Waals surface area contributed by atoms with Gasteiger partial charge in [-0.25, -0.2) is 0 Å². The third-order valence-corrected chi connectivity index (χ3v) is 6.99. The van der Waals surface area contributed by atoms with Crippen molar-refractivity contribution < 1.29 is 4.74 Å². The van der Waals surface area contributed by atoms with E-state index < -0.39 is 0 Å². The summed E-state index contributed by atoms with van der Waals surface area (Å²) in [5.41, 5.74) is 3.63. The SMILES string of the molecule is CCCCCOc1ccc2cc(C#Cc3ccc([C@H]4CC[C@H](CC)CC4)cc3)ccc2c1. The number of benzene rings is 3. The van der Waals surface area contributed by atoms with E-state index in [9.17, 15) is 0 Å². The highest BCUT2D eigenvalue weighted by Crippen LogP contribution is 2.36. The van der Waals surface area contributed by atoms with E-state index in [1.165, 1.54) is 61.3 Å². The van der Waals surface area contributed by atoms with Gasteiger partial charge in [-0.15, -0.1) is 0 Å². The molecule has 0 aliphatic heterocycles. The monoisotopic (exact) mass is 424 g/mol. The summed E-state index contributed by atoms with van der Waals surface area (Å²) in [6.07, 6.45) is 10.3. The van der Waals surface area contributed by atoms with Crippen molar-refractivity contribution in [3.05, 3.63) is 77.4 Å². The van der Waals surface area contributed by atoms with Crippen molar-refractivity contribution in [2.45, 2.75) is 71.1 Å². The number of fused-ring (bicyclic) bond motifs is 1. The number of rotatable bonds is 7. The molecule has 3 aromatic rings. The molecule has 1 fully saturated rings. The van der Waals surface area contributed by atoms with Gasteiger partial charge in [-0.05, 0) is 96.7 Å². The maximum Gasteiger partial charge on any atom is 0.119 e. The first-order valence-electron chi connectivity index (χ1n) is 12.5. The molecule has 3 aromatic carbocycles. The number of hydrogen-bond acceptors (Lipinski definition) is 1. The Morgan fingerprint density at radius 3 is 2.19 bits per heavy atom. The summed E-state index contributed by atoms with van der Waals surface area (Å²) >= 11 is 0. The van der Waals surface area contributed by atoms with Crippen molar-refractivity contribution in [2.24, 2.45) is 5.92 Å². The number of hydrogen-bond donors (Lipinski definition) is 0. The maximum absolute atomic E-state index is 5.89. The lowest BCUT2D eigenvalue weighted by Gasteiger charge is -2.28. The predicted octanol–water partition coefficient (Wildman–Crippen LogP) is 8.49. The van der Waals surface area contributed by atoms with E-state index in [1.807, 2.05) is 0 Å². The van der Waals surface area contributed by atoms with E-state index in [0.717, 1.165) is 41.7 Å². The fraction of sp³-hybridized carbons (Fsp3) is 0.419. The molecule has 0 bridgehead atoms. The summed E-state index contributed by atoms with van der Waals surface area (Å²) < 4.78 is 5.89. The summed E-state index contributed by atoms with van der Waals surface area (Å²) in [6, 6.07) is 21.7. The van der Waals surface area contributed by atoms with E-state index in [2.05, 4.69) is 86.4 Å². The Morgan fingerprint density at radius 1 is 0.750 bits per heavy atom. The van der Waals surface area contributed by atoms with Crippen LogP contribution in [0.2, 0.25) is 0 Å². The highest BCUT2D eigenvalue weighted by Gasteiger charge is 2.20. The summed E-state index contributed by atoms with van der Waals surface area (Å²) in [5, 5.41) is 2.40. The lowest BCUT2D eigenvalue weighted by Crippen LogP contribution is -2.12. The largest absolute Gasteiger partial charge is 0.494 e. The van der Waals surface area contributed by atoms with Gasteiger partial charge in [0.2, 0.25) is 0 Å². The van der Waals surface area contributed by atoms with Crippen molar-refractivity contribution in [2.75, 3.05) is 6.61 Å². The van der Waals surface area contributed by atoms with Crippen molar-refractivity contribution in [1.82, 2.24) is 0 Å². The van der Waals surface area contributed by atoms with E-state index >= 15 is 0 Å². The standard InChI is InChI=1S/C31H36O/c1-3-5-6-21-32-31-20-19-29-22-26(13-18-30(29)23-31)8-7-25-11-16-28(17-12-25)27-14-9-24(4-2)10-15-27/h11-13,16-20,22-24,27H,3-6,9-10,14-15,21H2,1-2H3/t24-,27-. The Bertz CT molecular complexity index is 1060. The second kappa shape index (κ2) is 11.2. The van der Waals surface area contributed by atoms with Crippen LogP contribution in [-0.4, -0.2) is 6.61 Å². The highest BCUT2D eigenvalue weighted by atomic mass is 16.5. The Hall–Kier alpha value is -2.72. The summed E-state index contributed by atoms with van der Waals surface area (Å²) in [6.45, 7) is 5.33. The van der Waals surface area contributed by atoms with Crippen LogP contribution in [0.3, 0.4) is 0 Å². The molecular formula is C31H36O. The molecule has 1 aliphatic rings. The average Bonchev–Trinajstić information content (AvgIpc) is 2.85. The molecular weight excluding hydrogens is 388 g/mol. The van der Waals surface area contributed by atoms with Crippen LogP contribution in [0.1, 0.15) is 87.8 Å². The molecule has 32 heavy (non-hydrogen) atoms. The summed E-state index contributed by atoms with van der Waals surface area (Å²) in [5.74, 6) is 9.33. The van der Waals surface area contributed by atoms with Crippen molar-refractivity contribution in [3.8, 4) is 17.6 Å². The lowest BCUT2D eigenvalue weighted by molar-refractivity contribution is 0.306. The predicted molar refractivity (Wildman–Crippen MR) is 136 cm³/mol. The highest BCUT2D eigenvalue weighted by molar-refractivity contribution is 5.85. The molecule has 0 spiro atoms. The molecule has 4 rings (SSSR count). The average molecular weight is 425 g/mol. The fourth-order valence-corrected chi connectivity index (χ4v) is 4.82. The summed E-state index contributed by atoms with van der Waals surface area (Å²) in [4.78, 5) is 0. The zero-order valence-electron chi connectivity index (χ0n) is 19.7. The van der Waals surface area contributed by atoms with Crippen LogP contribution in [0.25, 0.3) is 10.8 Å². The van der Waals surface area contributed by atoms with Gasteiger partial charge in [-0.3, -0.25) is 0 Å². The molecule has 0 saturated heterocycles. The topological polar surface area (TPSA) is 9.23 Å². The minimum atomic E-state index is 0.737. The van der Waals surface area contributed by atoms with Crippen molar-refractivity contribution in [1.29, 1.82) is 0 Å². The van der Waals surface area contributed by atoms with Gasteiger partial charge in [0.25, 0.3) is 0 Å². The van der Waals surface area contributed by atoms with Gasteiger partial charge in [0.05, 0.1) is 6.61 Å². The quantitative estimate of drug-likeness (QED) is 0.273. The van der Waals surface area contributed by atoms with E-state index in [0.29, 0.717) is 0 Å². The van der Waals surface area contributed by atoms with Crippen LogP contribution < -0.4 is 4.74 Å². The van der Waals surface area contributed by atoms with Gasteiger partial charge in [-0.1, -0.05) is 69.2 Å². The first kappa shape index (κ1) is 22.5. The van der Waals surface area contributed by atoms with Crippen LogP contribution in [0.4, 0.5) is 0 Å². The Balaban J connectivity index is 1.39. The molecule has 1 heteroatoms. The first-order valence-corrected chi connectivity index (χ1v) is 12.5. The van der Waals surface area contributed by atoms with Crippen molar-refractivity contribution >= 4 is 10.8 Å².